The molecule has 3 nitrogen and oxygen atoms in total. The molecule has 0 unspecified atom stereocenters. The van der Waals surface area contributed by atoms with Gasteiger partial charge in [-0.3, -0.25) is 4.79 Å². The van der Waals surface area contributed by atoms with Gasteiger partial charge in [-0.05, 0) is 5.56 Å². The van der Waals surface area contributed by atoms with E-state index in [0.29, 0.717) is 12.4 Å². The molecular weight excluding hydrogens is 200 g/mol. The minimum Gasteiger partial charge on any atom is -0.289 e. The molecule has 0 spiro atoms. The molecule has 0 aliphatic heterocycles. The average Bonchev–Trinajstić information content (AvgIpc) is 2.72. The molecule has 0 aliphatic rings. The summed E-state index contributed by atoms with van der Waals surface area (Å²) < 4.78 is 3.60. The summed E-state index contributed by atoms with van der Waals surface area (Å²) in [5.41, 5.74) is 1.16. The molecule has 0 bridgehead atoms. The Labute approximate surface area is 94.3 Å². The summed E-state index contributed by atoms with van der Waals surface area (Å²) in [5.74, 6) is 0.596. The summed E-state index contributed by atoms with van der Waals surface area (Å²) in [6, 6.07) is 10.0. The number of aromatic nitrogens is 2. The molecule has 0 N–H and O–H groups in total. The Morgan fingerprint density at radius 2 is 2.06 bits per heavy atom. The van der Waals surface area contributed by atoms with Crippen molar-refractivity contribution in [2.45, 2.75) is 6.54 Å². The zero-order chi connectivity index (χ0) is 11.4. The van der Waals surface area contributed by atoms with E-state index in [4.69, 9.17) is 0 Å². The third-order valence-electron chi connectivity index (χ3n) is 2.46. The lowest BCUT2D eigenvalue weighted by Crippen LogP contribution is -2.37. The van der Waals surface area contributed by atoms with Crippen LogP contribution >= 0.6 is 0 Å². The van der Waals surface area contributed by atoms with Gasteiger partial charge in [0.1, 0.15) is 18.9 Å². The molecule has 16 heavy (non-hydrogen) atoms. The Morgan fingerprint density at radius 3 is 2.69 bits per heavy atom. The van der Waals surface area contributed by atoms with Crippen LogP contribution < -0.4 is 4.57 Å². The highest BCUT2D eigenvalue weighted by Crippen LogP contribution is 1.99. The fraction of sp³-hybridized carbons (Fsp3) is 0.0769. The van der Waals surface area contributed by atoms with E-state index < -0.39 is 0 Å². The van der Waals surface area contributed by atoms with Crippen molar-refractivity contribution in [1.29, 1.82) is 0 Å². The van der Waals surface area contributed by atoms with Gasteiger partial charge in [0.15, 0.2) is 0 Å². The van der Waals surface area contributed by atoms with Gasteiger partial charge < -0.3 is 0 Å². The number of benzene rings is 1. The number of hydrogen-bond acceptors (Lipinski definition) is 1. The van der Waals surface area contributed by atoms with E-state index in [1.54, 1.807) is 10.8 Å². The monoisotopic (exact) mass is 213 g/mol. The molecule has 1 aromatic carbocycles. The van der Waals surface area contributed by atoms with Crippen LogP contribution in [0.4, 0.5) is 0 Å². The number of carbonyl (C=O) groups is 1. The summed E-state index contributed by atoms with van der Waals surface area (Å²) in [4.78, 5) is 11.0. The van der Waals surface area contributed by atoms with Gasteiger partial charge in [0.05, 0.1) is 6.20 Å². The molecule has 0 saturated carbocycles. The molecule has 0 amide bonds. The quantitative estimate of drug-likeness (QED) is 0.561. The summed E-state index contributed by atoms with van der Waals surface area (Å²) in [6.45, 7) is 4.34. The van der Waals surface area contributed by atoms with Gasteiger partial charge in [0.25, 0.3) is 0 Å². The first-order chi connectivity index (χ1) is 7.85. The van der Waals surface area contributed by atoms with Gasteiger partial charge in [-0.2, -0.15) is 0 Å². The smallest absolute Gasteiger partial charge is 0.289 e. The lowest BCUT2D eigenvalue weighted by molar-refractivity contribution is -0.688. The molecule has 0 atom stereocenters. The van der Waals surface area contributed by atoms with Crippen molar-refractivity contribution < 1.29 is 9.36 Å². The van der Waals surface area contributed by atoms with Crippen LogP contribution in [0.1, 0.15) is 16.2 Å². The van der Waals surface area contributed by atoms with Crippen molar-refractivity contribution in [2.75, 3.05) is 0 Å². The SMILES string of the molecule is C=Cn1cc[n+](Cc2ccccc2)c1C=O. The van der Waals surface area contributed by atoms with E-state index in [9.17, 15) is 4.79 Å². The predicted octanol–water partition coefficient (Wildman–Crippen LogP) is 1.74. The van der Waals surface area contributed by atoms with Gasteiger partial charge in [-0.25, -0.2) is 9.13 Å². The topological polar surface area (TPSA) is 25.9 Å². The fourth-order valence-electron chi connectivity index (χ4n) is 1.65. The maximum atomic E-state index is 11.0. The summed E-state index contributed by atoms with van der Waals surface area (Å²) in [6.07, 6.45) is 6.15. The van der Waals surface area contributed by atoms with Crippen molar-refractivity contribution in [3.05, 3.63) is 60.7 Å². The van der Waals surface area contributed by atoms with Crippen LogP contribution in [0.5, 0.6) is 0 Å². The van der Waals surface area contributed by atoms with Crippen LogP contribution in [0.3, 0.4) is 0 Å². The van der Waals surface area contributed by atoms with Gasteiger partial charge >= 0.3 is 5.82 Å². The normalized spacial score (nSPS) is 10.0. The second-order valence-corrected chi connectivity index (χ2v) is 3.48. The molecule has 1 heterocycles. The van der Waals surface area contributed by atoms with Crippen molar-refractivity contribution in [3.8, 4) is 0 Å². The maximum absolute atomic E-state index is 11.0. The highest BCUT2D eigenvalue weighted by Gasteiger charge is 2.14. The van der Waals surface area contributed by atoms with Crippen LogP contribution in [-0.4, -0.2) is 10.9 Å². The Hall–Kier alpha value is -2.16. The number of aldehydes is 1. The summed E-state index contributed by atoms with van der Waals surface area (Å²) >= 11 is 0. The van der Waals surface area contributed by atoms with Crippen LogP contribution in [0.15, 0.2) is 49.3 Å². The van der Waals surface area contributed by atoms with Gasteiger partial charge in [0, 0.05) is 0 Å². The minimum atomic E-state index is 0.596. The lowest BCUT2D eigenvalue weighted by Gasteiger charge is -1.98. The predicted molar refractivity (Wildman–Crippen MR) is 61.9 cm³/mol. The third kappa shape index (κ3) is 1.93. The van der Waals surface area contributed by atoms with Gasteiger partial charge in [-0.1, -0.05) is 36.9 Å². The number of imidazole rings is 1. The second-order valence-electron chi connectivity index (χ2n) is 3.48. The first kappa shape index (κ1) is 10.4. The molecule has 1 aromatic heterocycles. The van der Waals surface area contributed by atoms with E-state index in [-0.39, 0.29) is 0 Å². The largest absolute Gasteiger partial charge is 0.327 e. The Morgan fingerprint density at radius 1 is 1.31 bits per heavy atom. The zero-order valence-corrected chi connectivity index (χ0v) is 8.91. The lowest BCUT2D eigenvalue weighted by atomic mass is 10.2. The molecule has 80 valence electrons. The highest BCUT2D eigenvalue weighted by atomic mass is 16.1. The molecule has 3 heteroatoms. The van der Waals surface area contributed by atoms with E-state index in [1.165, 1.54) is 0 Å². The number of hydrogen-bond donors (Lipinski definition) is 0. The van der Waals surface area contributed by atoms with E-state index in [2.05, 4.69) is 6.58 Å². The molecule has 2 rings (SSSR count). The second kappa shape index (κ2) is 4.57. The minimum absolute atomic E-state index is 0.596. The Bertz CT molecular complexity index is 500. The summed E-state index contributed by atoms with van der Waals surface area (Å²) in [7, 11) is 0. The summed E-state index contributed by atoms with van der Waals surface area (Å²) in [5, 5.41) is 0. The van der Waals surface area contributed by atoms with Gasteiger partial charge in [-0.15, -0.1) is 0 Å². The highest BCUT2D eigenvalue weighted by molar-refractivity contribution is 5.68. The van der Waals surface area contributed by atoms with E-state index >= 15 is 0 Å². The first-order valence-corrected chi connectivity index (χ1v) is 5.07. The Balaban J connectivity index is 2.32. The average molecular weight is 213 g/mol. The molecule has 0 fully saturated rings. The van der Waals surface area contributed by atoms with Crippen LogP contribution in [0.2, 0.25) is 0 Å². The molecule has 0 aliphatic carbocycles. The molecular formula is C13H13N2O+. The van der Waals surface area contributed by atoms with Crippen molar-refractivity contribution in [2.24, 2.45) is 0 Å². The number of rotatable bonds is 4. The zero-order valence-electron chi connectivity index (χ0n) is 8.91. The standard InChI is InChI=1S/C13H13N2O/c1-2-14-8-9-15(13(14)11-16)10-12-6-4-3-5-7-12/h2-9,11H,1,10H2/q+1. The number of carbonyl (C=O) groups excluding carboxylic acids is 1. The van der Waals surface area contributed by atoms with Crippen LogP contribution in [-0.2, 0) is 6.54 Å². The maximum Gasteiger partial charge on any atom is 0.327 e. The van der Waals surface area contributed by atoms with Crippen molar-refractivity contribution in [3.63, 3.8) is 0 Å². The fourth-order valence-corrected chi connectivity index (χ4v) is 1.65. The van der Waals surface area contributed by atoms with Gasteiger partial charge in [0.2, 0.25) is 6.29 Å². The molecule has 2 aromatic rings. The van der Waals surface area contributed by atoms with Crippen molar-refractivity contribution in [1.82, 2.24) is 4.57 Å². The van der Waals surface area contributed by atoms with Crippen LogP contribution in [0.25, 0.3) is 6.20 Å². The van der Waals surface area contributed by atoms with E-state index in [0.717, 1.165) is 11.8 Å². The van der Waals surface area contributed by atoms with E-state index in [1.807, 2.05) is 47.3 Å². The molecule has 0 saturated heterocycles. The first-order valence-electron chi connectivity index (χ1n) is 5.07. The Kier molecular flexibility index (Phi) is 2.96. The van der Waals surface area contributed by atoms with Crippen molar-refractivity contribution >= 4 is 12.5 Å². The molecule has 0 radical (unpaired) electrons. The third-order valence-corrected chi connectivity index (χ3v) is 2.46. The van der Waals surface area contributed by atoms with Crippen LogP contribution in [0, 0.1) is 0 Å². The number of nitrogens with zero attached hydrogens (tertiary/aromatic N) is 2.